The van der Waals surface area contributed by atoms with Crippen molar-refractivity contribution in [2.24, 2.45) is 41.4 Å². The van der Waals surface area contributed by atoms with Crippen molar-refractivity contribution < 1.29 is 84.3 Å². The molecule has 0 amide bonds. The fourth-order valence-corrected chi connectivity index (χ4v) is 11.3. The molecule has 1 spiro atoms. The Labute approximate surface area is 335 Å². The molecule has 0 aromatic rings. The van der Waals surface area contributed by atoms with E-state index in [4.69, 9.17) is 33.2 Å². The molecule has 11 nitrogen and oxygen atoms in total. The Hall–Kier alpha value is 0.110. The third-order valence-electron chi connectivity index (χ3n) is 14.4. The zero-order chi connectivity index (χ0) is 37.3. The molecule has 296 valence electrons. The average molecular weight is 749 g/mol. The Morgan fingerprint density at radius 3 is 2.25 bits per heavy atom. The normalized spacial score (nSPS) is 53.2. The molecule has 6 aliphatic rings. The number of methoxy groups -OCH3 is 1. The van der Waals surface area contributed by atoms with Crippen LogP contribution in [-0.2, 0) is 38.0 Å². The molecule has 6 fully saturated rings. The minimum Gasteiger partial charge on any atom is -1.00 e. The van der Waals surface area contributed by atoms with Gasteiger partial charge in [0.2, 0.25) is 0 Å². The number of rotatable bonds is 9. The molecule has 3 N–H and O–H groups in total. The van der Waals surface area contributed by atoms with Gasteiger partial charge in [-0.15, -0.1) is 0 Å². The molecule has 6 aliphatic heterocycles. The van der Waals surface area contributed by atoms with E-state index in [9.17, 15) is 20.1 Å². The number of aliphatic hydroxyl groups excluding tert-OH is 1. The van der Waals surface area contributed by atoms with E-state index in [-0.39, 0.29) is 115 Å². The second-order valence-electron chi connectivity index (χ2n) is 18.4. The second-order valence-corrected chi connectivity index (χ2v) is 18.4. The van der Waals surface area contributed by atoms with Crippen LogP contribution in [-0.4, -0.2) is 107 Å². The van der Waals surface area contributed by atoms with E-state index in [0.717, 1.165) is 51.4 Å². The maximum absolute atomic E-state index is 11.8. The standard InChI is InChI=1S/C40H68O11.Na.H/c1-21-11-12-28(46-33(21)26(6)36(42)43)17-29-18-30(45-10)27(7)40(48-29)25(5)19-38(9,51-40)32-13-14-37(8,49-32)35-23(3)16-31(47-35)34-22(2)15-24(4)39(44,20-41)50-34;;/h21-35,41,44H,11-20H2,1-10H3,(H,42,43);;/q;+1;-1/t21-,22-,23-,24+,25+,26+,27+,28+,29+,30+,31+,32+,33+,34-,35+,37-,38-,39-,40+;;/m0../s1. The number of carbonyl (C=O) groups is 1. The van der Waals surface area contributed by atoms with Gasteiger partial charge < -0.3 is 49.9 Å². The number of carboxylic acids is 1. The van der Waals surface area contributed by atoms with E-state index >= 15 is 0 Å². The zero-order valence-electron chi connectivity index (χ0n) is 34.8. The summed E-state index contributed by atoms with van der Waals surface area (Å²) in [5.41, 5.74) is -1.10. The summed E-state index contributed by atoms with van der Waals surface area (Å²) < 4.78 is 47.0. The molecule has 6 heterocycles. The predicted octanol–water partition coefficient (Wildman–Crippen LogP) is 2.82. The van der Waals surface area contributed by atoms with Crippen LogP contribution in [0.2, 0.25) is 0 Å². The van der Waals surface area contributed by atoms with E-state index < -0.39 is 41.3 Å². The minimum absolute atomic E-state index is 0. The number of hydrogen-bond donors (Lipinski definition) is 3. The third kappa shape index (κ3) is 7.85. The van der Waals surface area contributed by atoms with Crippen molar-refractivity contribution >= 4 is 5.97 Å². The first kappa shape index (κ1) is 43.2. The summed E-state index contributed by atoms with van der Waals surface area (Å²) in [6.45, 7) is 18.4. The van der Waals surface area contributed by atoms with Crippen LogP contribution in [0.3, 0.4) is 0 Å². The van der Waals surface area contributed by atoms with E-state index in [1.807, 2.05) is 6.92 Å². The Bertz CT molecular complexity index is 1250. The summed E-state index contributed by atoms with van der Waals surface area (Å²) in [5, 5.41) is 30.7. The summed E-state index contributed by atoms with van der Waals surface area (Å²) in [6, 6.07) is 0. The first-order valence-electron chi connectivity index (χ1n) is 20.0. The van der Waals surface area contributed by atoms with Gasteiger partial charge in [0, 0.05) is 37.7 Å². The van der Waals surface area contributed by atoms with E-state index in [0.29, 0.717) is 6.42 Å². The van der Waals surface area contributed by atoms with Gasteiger partial charge in [-0.1, -0.05) is 41.5 Å². The fourth-order valence-electron chi connectivity index (χ4n) is 11.3. The van der Waals surface area contributed by atoms with Gasteiger partial charge in [0.25, 0.3) is 0 Å². The molecule has 52 heavy (non-hydrogen) atoms. The number of ether oxygens (including phenoxy) is 7. The van der Waals surface area contributed by atoms with Crippen LogP contribution in [0.4, 0.5) is 0 Å². The number of aliphatic carboxylic acids is 1. The van der Waals surface area contributed by atoms with Gasteiger partial charge in [0.15, 0.2) is 11.6 Å². The van der Waals surface area contributed by atoms with Crippen molar-refractivity contribution in [1.82, 2.24) is 0 Å². The van der Waals surface area contributed by atoms with Crippen molar-refractivity contribution in [1.29, 1.82) is 0 Å². The predicted molar refractivity (Wildman–Crippen MR) is 190 cm³/mol. The van der Waals surface area contributed by atoms with Crippen molar-refractivity contribution in [3.63, 3.8) is 0 Å². The summed E-state index contributed by atoms with van der Waals surface area (Å²) in [7, 11) is 1.77. The Morgan fingerprint density at radius 2 is 1.60 bits per heavy atom. The van der Waals surface area contributed by atoms with Gasteiger partial charge in [-0.2, -0.15) is 0 Å². The van der Waals surface area contributed by atoms with Crippen LogP contribution >= 0.6 is 0 Å². The molecule has 6 rings (SSSR count). The van der Waals surface area contributed by atoms with Crippen molar-refractivity contribution in [3.8, 4) is 0 Å². The van der Waals surface area contributed by atoms with E-state index in [2.05, 4.69) is 48.5 Å². The fraction of sp³-hybridized carbons (Fsp3) is 0.975. The maximum atomic E-state index is 11.8. The van der Waals surface area contributed by atoms with Crippen LogP contribution in [0, 0.1) is 41.4 Å². The smallest absolute Gasteiger partial charge is 1.00 e. The van der Waals surface area contributed by atoms with Crippen LogP contribution in [0.25, 0.3) is 0 Å². The van der Waals surface area contributed by atoms with Crippen LogP contribution in [0.5, 0.6) is 0 Å². The molecule has 0 unspecified atom stereocenters. The van der Waals surface area contributed by atoms with Gasteiger partial charge in [0.1, 0.15) is 0 Å². The van der Waals surface area contributed by atoms with Gasteiger partial charge in [-0.25, -0.2) is 0 Å². The van der Waals surface area contributed by atoms with Gasteiger partial charge in [-0.05, 0) is 83.5 Å². The summed E-state index contributed by atoms with van der Waals surface area (Å²) in [4.78, 5) is 11.8. The molecule has 6 saturated heterocycles. The van der Waals surface area contributed by atoms with Gasteiger partial charge in [0.05, 0.1) is 72.6 Å². The van der Waals surface area contributed by atoms with Crippen LogP contribution < -0.4 is 29.6 Å². The zero-order valence-corrected chi connectivity index (χ0v) is 35.8. The molecule has 0 aromatic heterocycles. The molecule has 0 saturated carbocycles. The second kappa shape index (κ2) is 16.2. The molecular formula is C40H69NaO11. The summed E-state index contributed by atoms with van der Waals surface area (Å²) in [6.07, 6.45) is 5.85. The van der Waals surface area contributed by atoms with Crippen LogP contribution in [0.15, 0.2) is 0 Å². The number of hydrogen-bond acceptors (Lipinski definition) is 10. The third-order valence-corrected chi connectivity index (χ3v) is 14.4. The molecule has 0 aromatic carbocycles. The molecule has 19 atom stereocenters. The van der Waals surface area contributed by atoms with Gasteiger partial charge in [-0.3, -0.25) is 4.79 Å². The molecular weight excluding hydrogens is 679 g/mol. The van der Waals surface area contributed by atoms with E-state index in [1.165, 1.54) is 0 Å². The Morgan fingerprint density at radius 1 is 0.885 bits per heavy atom. The molecule has 0 radical (unpaired) electrons. The Balaban J connectivity index is 0.00000314. The minimum atomic E-state index is -1.55. The van der Waals surface area contributed by atoms with Gasteiger partial charge >= 0.3 is 35.5 Å². The Kier molecular flexibility index (Phi) is 13.4. The number of aliphatic hydroxyl groups is 2. The quantitative estimate of drug-likeness (QED) is 0.300. The summed E-state index contributed by atoms with van der Waals surface area (Å²) in [5.74, 6) is -3.26. The van der Waals surface area contributed by atoms with Crippen molar-refractivity contribution in [3.05, 3.63) is 0 Å². The first-order chi connectivity index (χ1) is 23.9. The van der Waals surface area contributed by atoms with E-state index in [1.54, 1.807) is 14.0 Å². The number of carboxylic acid groups (broad SMARTS) is 1. The maximum Gasteiger partial charge on any atom is 1.00 e. The summed E-state index contributed by atoms with van der Waals surface area (Å²) >= 11 is 0. The monoisotopic (exact) mass is 748 g/mol. The largest absolute Gasteiger partial charge is 1.00 e. The van der Waals surface area contributed by atoms with Crippen molar-refractivity contribution in [2.75, 3.05) is 13.7 Å². The topological polar surface area (TPSA) is 142 Å². The average Bonchev–Trinajstić information content (AvgIpc) is 3.75. The molecule has 0 aliphatic carbocycles. The molecule has 12 heteroatoms. The van der Waals surface area contributed by atoms with Crippen LogP contribution in [0.1, 0.15) is 122 Å². The molecule has 0 bridgehead atoms. The SMILES string of the molecule is CO[C@@H]1C[C@@H](C[C@H]2CC[C@H](C)[C@H]([C@@H](C)C(=O)O)O2)O[C@]2(O[C@](C)([C@H]3CC[C@@](C)([C@@H]4O[C@@H]([C@H]5O[C@@](O)(CO)[C@H](C)C[C@@H]5C)C[C@@H]4C)O3)C[C@H]2C)[C@@H]1C.[H-].[Na+]. The van der Waals surface area contributed by atoms with Crippen molar-refractivity contribution in [2.45, 2.75) is 192 Å². The first-order valence-corrected chi connectivity index (χ1v) is 20.0.